The molecule has 1 saturated heterocycles. The van der Waals surface area contributed by atoms with Crippen LogP contribution in [0.1, 0.15) is 41.4 Å². The molecule has 0 amide bonds. The quantitative estimate of drug-likeness (QED) is 0.685. The normalized spacial score (nSPS) is 17.9. The highest BCUT2D eigenvalue weighted by molar-refractivity contribution is 5.24. The minimum absolute atomic E-state index is 0.517. The van der Waals surface area contributed by atoms with Crippen molar-refractivity contribution in [2.75, 3.05) is 13.1 Å². The van der Waals surface area contributed by atoms with Crippen molar-refractivity contribution in [2.45, 2.75) is 31.7 Å². The van der Waals surface area contributed by atoms with E-state index < -0.39 is 0 Å². The first-order valence-corrected chi connectivity index (χ1v) is 9.49. The van der Waals surface area contributed by atoms with Crippen molar-refractivity contribution in [1.82, 2.24) is 14.9 Å². The molecule has 3 nitrogen and oxygen atoms in total. The molecule has 0 spiro atoms. The zero-order chi connectivity index (χ0) is 17.6. The first-order valence-electron chi connectivity index (χ1n) is 9.49. The third-order valence-electron chi connectivity index (χ3n) is 5.09. The summed E-state index contributed by atoms with van der Waals surface area (Å²) < 4.78 is 0. The molecule has 132 valence electrons. The van der Waals surface area contributed by atoms with E-state index in [1.165, 1.54) is 24.1 Å². The van der Waals surface area contributed by atoms with Gasteiger partial charge >= 0.3 is 0 Å². The molecule has 4 rings (SSSR count). The van der Waals surface area contributed by atoms with E-state index in [-0.39, 0.29) is 0 Å². The van der Waals surface area contributed by atoms with Crippen molar-refractivity contribution in [2.24, 2.45) is 0 Å². The van der Waals surface area contributed by atoms with Crippen molar-refractivity contribution < 1.29 is 0 Å². The number of piperidine rings is 1. The van der Waals surface area contributed by atoms with Crippen LogP contribution in [0.5, 0.6) is 0 Å². The van der Waals surface area contributed by atoms with E-state index in [4.69, 9.17) is 4.98 Å². The molecule has 26 heavy (non-hydrogen) atoms. The Bertz CT molecular complexity index is 817. The van der Waals surface area contributed by atoms with E-state index in [9.17, 15) is 0 Å². The van der Waals surface area contributed by atoms with Crippen molar-refractivity contribution >= 4 is 0 Å². The third kappa shape index (κ3) is 4.36. The summed E-state index contributed by atoms with van der Waals surface area (Å²) in [6.07, 6.45) is 5.23. The lowest BCUT2D eigenvalue weighted by molar-refractivity contribution is 0.196. The fourth-order valence-electron chi connectivity index (χ4n) is 3.79. The predicted molar refractivity (Wildman–Crippen MR) is 105 cm³/mol. The van der Waals surface area contributed by atoms with Crippen molar-refractivity contribution in [3.8, 4) is 0 Å². The van der Waals surface area contributed by atoms with Gasteiger partial charge in [-0.05, 0) is 49.2 Å². The molecule has 1 atom stereocenters. The van der Waals surface area contributed by atoms with Crippen LogP contribution < -0.4 is 0 Å². The zero-order valence-electron chi connectivity index (χ0n) is 15.1. The Labute approximate surface area is 155 Å². The summed E-state index contributed by atoms with van der Waals surface area (Å²) in [6.45, 7) is 3.15. The van der Waals surface area contributed by atoms with Gasteiger partial charge in [0, 0.05) is 43.0 Å². The molecule has 3 heterocycles. The second-order valence-corrected chi connectivity index (χ2v) is 7.11. The Kier molecular flexibility index (Phi) is 5.36. The summed E-state index contributed by atoms with van der Waals surface area (Å²) in [6, 6.07) is 23.3. The highest BCUT2D eigenvalue weighted by Crippen LogP contribution is 2.26. The molecule has 0 radical (unpaired) electrons. The van der Waals surface area contributed by atoms with Gasteiger partial charge in [0.15, 0.2) is 0 Å². The van der Waals surface area contributed by atoms with E-state index in [0.29, 0.717) is 5.92 Å². The fourth-order valence-corrected chi connectivity index (χ4v) is 3.79. The molecule has 0 saturated carbocycles. The molecule has 2 aromatic heterocycles. The Balaban J connectivity index is 1.44. The monoisotopic (exact) mass is 343 g/mol. The lowest BCUT2D eigenvalue weighted by Crippen LogP contribution is -2.34. The summed E-state index contributed by atoms with van der Waals surface area (Å²) in [5, 5.41) is 0. The van der Waals surface area contributed by atoms with Gasteiger partial charge in [-0.3, -0.25) is 14.9 Å². The maximum atomic E-state index is 4.99. The van der Waals surface area contributed by atoms with Gasteiger partial charge in [-0.15, -0.1) is 0 Å². The summed E-state index contributed by atoms with van der Waals surface area (Å²) in [7, 11) is 0. The van der Waals surface area contributed by atoms with Crippen LogP contribution in [0.15, 0.2) is 72.9 Å². The Hall–Kier alpha value is -2.52. The van der Waals surface area contributed by atoms with Gasteiger partial charge in [0.05, 0.1) is 5.69 Å². The fraction of sp³-hybridized carbons (Fsp3) is 0.304. The van der Waals surface area contributed by atoms with Crippen LogP contribution in [0.4, 0.5) is 0 Å². The van der Waals surface area contributed by atoms with Gasteiger partial charge in [-0.25, -0.2) is 0 Å². The maximum absolute atomic E-state index is 4.99. The minimum atomic E-state index is 0.517. The standard InChI is InChI=1S/C23H25N3/c1-2-8-19(9-3-1)16-21-12-6-13-23(25-21)20-10-7-15-26(17-20)18-22-11-4-5-14-24-22/h1-6,8-9,11-14,20H,7,10,15-18H2/t20-/m0/s1. The molecular weight excluding hydrogens is 318 g/mol. The SMILES string of the molecule is c1ccc(Cc2cccc([C@H]3CCCN(Cc4ccccn4)C3)n2)cc1. The number of likely N-dealkylation sites (tertiary alicyclic amines) is 1. The maximum Gasteiger partial charge on any atom is 0.0543 e. The average molecular weight is 343 g/mol. The molecule has 1 aliphatic rings. The second kappa shape index (κ2) is 8.24. The molecular formula is C23H25N3. The first kappa shape index (κ1) is 16.9. The van der Waals surface area contributed by atoms with E-state index in [2.05, 4.69) is 70.5 Å². The number of aromatic nitrogens is 2. The zero-order valence-corrected chi connectivity index (χ0v) is 15.1. The topological polar surface area (TPSA) is 29.0 Å². The van der Waals surface area contributed by atoms with Crippen LogP contribution in [0.2, 0.25) is 0 Å². The number of hydrogen-bond acceptors (Lipinski definition) is 3. The van der Waals surface area contributed by atoms with Crippen LogP contribution in [-0.2, 0) is 13.0 Å². The number of benzene rings is 1. The number of rotatable bonds is 5. The van der Waals surface area contributed by atoms with Crippen molar-refractivity contribution in [1.29, 1.82) is 0 Å². The van der Waals surface area contributed by atoms with E-state index in [1.54, 1.807) is 0 Å². The second-order valence-electron chi connectivity index (χ2n) is 7.11. The Morgan fingerprint density at radius 1 is 0.885 bits per heavy atom. The summed E-state index contributed by atoms with van der Waals surface area (Å²) in [5.74, 6) is 0.517. The van der Waals surface area contributed by atoms with Crippen LogP contribution in [0.3, 0.4) is 0 Å². The van der Waals surface area contributed by atoms with Crippen LogP contribution in [0.25, 0.3) is 0 Å². The summed E-state index contributed by atoms with van der Waals surface area (Å²) >= 11 is 0. The van der Waals surface area contributed by atoms with E-state index in [0.717, 1.165) is 37.4 Å². The van der Waals surface area contributed by atoms with Gasteiger partial charge in [-0.1, -0.05) is 42.5 Å². The lowest BCUT2D eigenvalue weighted by atomic mass is 9.93. The highest BCUT2D eigenvalue weighted by atomic mass is 15.1. The number of pyridine rings is 2. The summed E-state index contributed by atoms with van der Waals surface area (Å²) in [4.78, 5) is 12.0. The third-order valence-corrected chi connectivity index (χ3v) is 5.09. The molecule has 0 unspecified atom stereocenters. The molecule has 1 aliphatic heterocycles. The molecule has 0 aliphatic carbocycles. The molecule has 1 fully saturated rings. The van der Waals surface area contributed by atoms with Crippen LogP contribution in [-0.4, -0.2) is 28.0 Å². The number of nitrogens with zero attached hydrogens (tertiary/aromatic N) is 3. The van der Waals surface area contributed by atoms with Gasteiger partial charge in [0.1, 0.15) is 0 Å². The number of hydrogen-bond donors (Lipinski definition) is 0. The van der Waals surface area contributed by atoms with Gasteiger partial charge in [0.2, 0.25) is 0 Å². The molecule has 3 heteroatoms. The van der Waals surface area contributed by atoms with Crippen molar-refractivity contribution in [3.63, 3.8) is 0 Å². The Morgan fingerprint density at radius 2 is 1.73 bits per heavy atom. The average Bonchev–Trinajstić information content (AvgIpc) is 2.70. The molecule has 3 aromatic rings. The smallest absolute Gasteiger partial charge is 0.0543 e. The lowest BCUT2D eigenvalue weighted by Gasteiger charge is -2.32. The highest BCUT2D eigenvalue weighted by Gasteiger charge is 2.22. The largest absolute Gasteiger partial charge is 0.297 e. The van der Waals surface area contributed by atoms with Crippen molar-refractivity contribution in [3.05, 3.63) is 95.6 Å². The first-order chi connectivity index (χ1) is 12.9. The van der Waals surface area contributed by atoms with Crippen LogP contribution in [0, 0.1) is 0 Å². The van der Waals surface area contributed by atoms with Gasteiger partial charge in [-0.2, -0.15) is 0 Å². The van der Waals surface area contributed by atoms with Gasteiger partial charge in [0.25, 0.3) is 0 Å². The van der Waals surface area contributed by atoms with Crippen LogP contribution >= 0.6 is 0 Å². The van der Waals surface area contributed by atoms with E-state index in [1.807, 2.05) is 12.3 Å². The van der Waals surface area contributed by atoms with E-state index >= 15 is 0 Å². The Morgan fingerprint density at radius 3 is 2.58 bits per heavy atom. The summed E-state index contributed by atoms with van der Waals surface area (Å²) in [5.41, 5.74) is 4.87. The minimum Gasteiger partial charge on any atom is -0.297 e. The molecule has 1 aromatic carbocycles. The molecule has 0 N–H and O–H groups in total. The molecule has 0 bridgehead atoms. The predicted octanol–water partition coefficient (Wildman–Crippen LogP) is 4.45. The van der Waals surface area contributed by atoms with Gasteiger partial charge < -0.3 is 0 Å².